The zero-order chi connectivity index (χ0) is 23.2. The third kappa shape index (κ3) is 4.90. The van der Waals surface area contributed by atoms with E-state index in [1.165, 1.54) is 0 Å². The molecule has 6 heteroatoms. The molecule has 2 aromatic carbocycles. The Bertz CT molecular complexity index is 1290. The number of nitrogens with zero attached hydrogens (tertiary/aromatic N) is 1. The summed E-state index contributed by atoms with van der Waals surface area (Å²) in [5.74, 6) is 1.25. The van der Waals surface area contributed by atoms with E-state index in [1.54, 1.807) is 31.8 Å². The van der Waals surface area contributed by atoms with Gasteiger partial charge in [-0.25, -0.2) is 0 Å². The van der Waals surface area contributed by atoms with Gasteiger partial charge in [0.05, 0.1) is 20.0 Å². The molecule has 4 rings (SSSR count). The van der Waals surface area contributed by atoms with Gasteiger partial charge in [0, 0.05) is 53.2 Å². The molecule has 0 aliphatic carbocycles. The van der Waals surface area contributed by atoms with Crippen LogP contribution in [0, 0.1) is 0 Å². The minimum Gasteiger partial charge on any atom is -0.496 e. The number of para-hydroxylation sites is 1. The van der Waals surface area contributed by atoms with Gasteiger partial charge in [-0.3, -0.25) is 9.78 Å². The third-order valence-corrected chi connectivity index (χ3v) is 5.36. The highest BCUT2D eigenvalue weighted by Crippen LogP contribution is 2.40. The summed E-state index contributed by atoms with van der Waals surface area (Å²) in [5, 5.41) is 3.84. The van der Waals surface area contributed by atoms with E-state index in [4.69, 9.17) is 13.9 Å². The van der Waals surface area contributed by atoms with Crippen LogP contribution in [0.4, 0.5) is 0 Å². The molecule has 0 bridgehead atoms. The Balaban J connectivity index is 1.69. The molecule has 0 aliphatic heterocycles. The van der Waals surface area contributed by atoms with E-state index >= 15 is 0 Å². The highest BCUT2D eigenvalue weighted by Gasteiger charge is 2.17. The number of pyridine rings is 1. The molecule has 0 atom stereocenters. The lowest BCUT2D eigenvalue weighted by molar-refractivity contribution is -0.116. The maximum atomic E-state index is 12.6. The number of ether oxygens (including phenoxy) is 2. The molecule has 6 nitrogen and oxygen atoms in total. The molecule has 0 fully saturated rings. The standard InChI is InChI=1S/C27H26N2O4/c1-4-32-25-15-26-22(23(17-33-26)20-7-5-6-8-24(20)31-3)14-21(25)18(2)13-27(30)29-16-19-9-11-28-12-10-19/h5-15,17H,4,16H2,1-3H3,(H,29,30)/b18-13+. The molecule has 0 saturated heterocycles. The van der Waals surface area contributed by atoms with E-state index in [0.717, 1.165) is 39.0 Å². The van der Waals surface area contributed by atoms with E-state index < -0.39 is 0 Å². The molecule has 1 amide bonds. The van der Waals surface area contributed by atoms with Crippen LogP contribution in [0.25, 0.3) is 27.7 Å². The van der Waals surface area contributed by atoms with Crippen molar-refractivity contribution < 1.29 is 18.7 Å². The Morgan fingerprint density at radius 2 is 1.88 bits per heavy atom. The normalized spacial score (nSPS) is 11.4. The zero-order valence-electron chi connectivity index (χ0n) is 18.9. The number of furan rings is 1. The van der Waals surface area contributed by atoms with Gasteiger partial charge in [-0.05, 0) is 49.2 Å². The first-order valence-electron chi connectivity index (χ1n) is 10.8. The molecule has 0 aliphatic rings. The SMILES string of the molecule is CCOc1cc2occ(-c3ccccc3OC)c2cc1/C(C)=C/C(=O)NCc1ccncc1. The number of fused-ring (bicyclic) bond motifs is 1. The maximum absolute atomic E-state index is 12.6. The monoisotopic (exact) mass is 442 g/mol. The van der Waals surface area contributed by atoms with Gasteiger partial charge >= 0.3 is 0 Å². The van der Waals surface area contributed by atoms with Crippen LogP contribution >= 0.6 is 0 Å². The summed E-state index contributed by atoms with van der Waals surface area (Å²) >= 11 is 0. The summed E-state index contributed by atoms with van der Waals surface area (Å²) in [6.45, 7) is 4.76. The Hall–Kier alpha value is -4.06. The fourth-order valence-corrected chi connectivity index (χ4v) is 3.73. The number of allylic oxidation sites excluding steroid dienone is 1. The maximum Gasteiger partial charge on any atom is 0.244 e. The number of amides is 1. The predicted molar refractivity (Wildman–Crippen MR) is 129 cm³/mol. The molecule has 168 valence electrons. The minimum atomic E-state index is -0.177. The second kappa shape index (κ2) is 10.0. The molecular formula is C27H26N2O4. The summed E-state index contributed by atoms with van der Waals surface area (Å²) in [4.78, 5) is 16.6. The number of nitrogens with one attached hydrogen (secondary N) is 1. The summed E-state index contributed by atoms with van der Waals surface area (Å²) < 4.78 is 17.3. The van der Waals surface area contributed by atoms with Crippen LogP contribution in [-0.4, -0.2) is 24.6 Å². The molecule has 1 N–H and O–H groups in total. The van der Waals surface area contributed by atoms with Gasteiger partial charge in [0.1, 0.15) is 17.1 Å². The van der Waals surface area contributed by atoms with Crippen LogP contribution in [0.5, 0.6) is 11.5 Å². The van der Waals surface area contributed by atoms with E-state index in [9.17, 15) is 4.79 Å². The number of methoxy groups -OCH3 is 1. The number of carbonyl (C=O) groups is 1. The van der Waals surface area contributed by atoms with Gasteiger partial charge in [-0.2, -0.15) is 0 Å². The smallest absolute Gasteiger partial charge is 0.244 e. The number of hydrogen-bond acceptors (Lipinski definition) is 5. The van der Waals surface area contributed by atoms with Crippen LogP contribution in [0.2, 0.25) is 0 Å². The fourth-order valence-electron chi connectivity index (χ4n) is 3.73. The van der Waals surface area contributed by atoms with Crippen molar-refractivity contribution in [3.05, 3.63) is 84.4 Å². The molecule has 33 heavy (non-hydrogen) atoms. The van der Waals surface area contributed by atoms with Gasteiger partial charge in [-0.1, -0.05) is 18.2 Å². The molecule has 4 aromatic rings. The molecular weight excluding hydrogens is 416 g/mol. The Morgan fingerprint density at radius 1 is 1.09 bits per heavy atom. The highest BCUT2D eigenvalue weighted by atomic mass is 16.5. The van der Waals surface area contributed by atoms with Crippen molar-refractivity contribution in [1.29, 1.82) is 0 Å². The van der Waals surface area contributed by atoms with Crippen LogP contribution in [0.15, 0.2) is 77.7 Å². The number of carbonyl (C=O) groups excluding carboxylic acids is 1. The molecule has 0 spiro atoms. The zero-order valence-corrected chi connectivity index (χ0v) is 18.9. The summed E-state index contributed by atoms with van der Waals surface area (Å²) in [6.07, 6.45) is 6.73. The Labute approximate surface area is 192 Å². The van der Waals surface area contributed by atoms with E-state index in [2.05, 4.69) is 10.3 Å². The molecule has 0 radical (unpaired) electrons. The van der Waals surface area contributed by atoms with Gasteiger partial charge in [0.25, 0.3) is 0 Å². The topological polar surface area (TPSA) is 73.6 Å². The van der Waals surface area contributed by atoms with Crippen molar-refractivity contribution in [3.63, 3.8) is 0 Å². The number of aromatic nitrogens is 1. The lowest BCUT2D eigenvalue weighted by Crippen LogP contribution is -2.20. The van der Waals surface area contributed by atoms with E-state index in [1.807, 2.05) is 62.4 Å². The van der Waals surface area contributed by atoms with E-state index in [-0.39, 0.29) is 5.91 Å². The average Bonchev–Trinajstić information content (AvgIpc) is 3.25. The molecule has 0 unspecified atom stereocenters. The summed E-state index contributed by atoms with van der Waals surface area (Å²) in [5.41, 5.74) is 5.17. The van der Waals surface area contributed by atoms with Crippen molar-refractivity contribution in [3.8, 4) is 22.6 Å². The first kappa shape index (κ1) is 22.1. The molecule has 2 aromatic heterocycles. The summed E-state index contributed by atoms with van der Waals surface area (Å²) in [6, 6.07) is 15.4. The quantitative estimate of drug-likeness (QED) is 0.359. The molecule has 0 saturated carbocycles. The minimum absolute atomic E-state index is 0.177. The van der Waals surface area contributed by atoms with Gasteiger partial charge < -0.3 is 19.2 Å². The third-order valence-electron chi connectivity index (χ3n) is 5.36. The predicted octanol–water partition coefficient (Wildman–Crippen LogP) is 5.62. The van der Waals surface area contributed by atoms with Gasteiger partial charge in [0.2, 0.25) is 5.91 Å². The van der Waals surface area contributed by atoms with Crippen molar-refractivity contribution in [1.82, 2.24) is 10.3 Å². The lowest BCUT2D eigenvalue weighted by atomic mass is 9.98. The first-order valence-corrected chi connectivity index (χ1v) is 10.8. The Kier molecular flexibility index (Phi) is 6.74. The second-order valence-electron chi connectivity index (χ2n) is 7.53. The molecule has 2 heterocycles. The van der Waals surface area contributed by atoms with Gasteiger partial charge in [0.15, 0.2) is 0 Å². The van der Waals surface area contributed by atoms with Crippen molar-refractivity contribution in [2.45, 2.75) is 20.4 Å². The fraction of sp³-hybridized carbons (Fsp3) is 0.185. The summed E-state index contributed by atoms with van der Waals surface area (Å²) in [7, 11) is 1.65. The highest BCUT2D eigenvalue weighted by molar-refractivity contribution is 6.01. The largest absolute Gasteiger partial charge is 0.496 e. The van der Waals surface area contributed by atoms with Gasteiger partial charge in [-0.15, -0.1) is 0 Å². The van der Waals surface area contributed by atoms with E-state index in [0.29, 0.717) is 24.5 Å². The van der Waals surface area contributed by atoms with Crippen LogP contribution in [-0.2, 0) is 11.3 Å². The number of benzene rings is 2. The van der Waals surface area contributed by atoms with Crippen molar-refractivity contribution in [2.75, 3.05) is 13.7 Å². The lowest BCUT2D eigenvalue weighted by Gasteiger charge is -2.12. The average molecular weight is 443 g/mol. The van der Waals surface area contributed by atoms with Crippen LogP contribution in [0.1, 0.15) is 25.0 Å². The second-order valence-corrected chi connectivity index (χ2v) is 7.53. The first-order chi connectivity index (χ1) is 16.1. The number of rotatable bonds is 8. The van der Waals surface area contributed by atoms with Crippen LogP contribution < -0.4 is 14.8 Å². The Morgan fingerprint density at radius 3 is 2.64 bits per heavy atom. The van der Waals surface area contributed by atoms with Crippen molar-refractivity contribution in [2.24, 2.45) is 0 Å². The van der Waals surface area contributed by atoms with Crippen LogP contribution in [0.3, 0.4) is 0 Å². The van der Waals surface area contributed by atoms with Crippen molar-refractivity contribution >= 4 is 22.4 Å². The number of hydrogen-bond donors (Lipinski definition) is 1.